The Bertz CT molecular complexity index is 851. The molecule has 1 saturated carbocycles. The Hall–Kier alpha value is -2.78. The minimum absolute atomic E-state index is 0.0404. The lowest BCUT2D eigenvalue weighted by Gasteiger charge is -2.14. The minimum Gasteiger partial charge on any atom is -0.465 e. The standard InChI is InChI=1S/C19H21F3N2O5/c1-3-8-29-19(26)12(9-23-11-6-4-5-7-11)18(25)13-14(20)10(2)15(21)16(22)17(13)24(27)28/h9,11-12H,3-8H2,1-2H3. The van der Waals surface area contributed by atoms with Crippen LogP contribution in [-0.4, -0.2) is 35.5 Å². The van der Waals surface area contributed by atoms with Gasteiger partial charge in [-0.15, -0.1) is 0 Å². The third-order valence-corrected chi connectivity index (χ3v) is 4.70. The van der Waals surface area contributed by atoms with Crippen LogP contribution in [0.1, 0.15) is 54.9 Å². The molecule has 1 aliphatic carbocycles. The summed E-state index contributed by atoms with van der Waals surface area (Å²) in [6.07, 6.45) is 4.72. The summed E-state index contributed by atoms with van der Waals surface area (Å²) in [6.45, 7) is 2.51. The minimum atomic E-state index is -1.97. The number of nitrogens with zero attached hydrogens (tertiary/aromatic N) is 2. The fourth-order valence-electron chi connectivity index (χ4n) is 3.11. The Labute approximate surface area is 165 Å². The predicted molar refractivity (Wildman–Crippen MR) is 97.5 cm³/mol. The van der Waals surface area contributed by atoms with Gasteiger partial charge in [-0.2, -0.15) is 4.39 Å². The molecule has 10 heteroatoms. The molecule has 0 spiro atoms. The van der Waals surface area contributed by atoms with E-state index in [0.29, 0.717) is 6.42 Å². The molecule has 0 radical (unpaired) electrons. The van der Waals surface area contributed by atoms with Crippen molar-refractivity contribution in [2.24, 2.45) is 10.9 Å². The van der Waals surface area contributed by atoms with Gasteiger partial charge in [-0.1, -0.05) is 19.8 Å². The maximum Gasteiger partial charge on any atom is 0.322 e. The second-order valence-electron chi connectivity index (χ2n) is 6.79. The number of ether oxygens (including phenoxy) is 1. The van der Waals surface area contributed by atoms with Crippen LogP contribution in [0.2, 0.25) is 0 Å². The number of Topliss-reactive ketones (excluding diaryl/α,β-unsaturated/α-hetero) is 1. The molecule has 0 aliphatic heterocycles. The molecule has 158 valence electrons. The van der Waals surface area contributed by atoms with Crippen LogP contribution in [0.15, 0.2) is 4.99 Å². The van der Waals surface area contributed by atoms with E-state index in [1.807, 2.05) is 0 Å². The van der Waals surface area contributed by atoms with Crippen molar-refractivity contribution in [2.45, 2.75) is 52.0 Å². The number of halogens is 3. The molecule has 0 saturated heterocycles. The fraction of sp³-hybridized carbons (Fsp3) is 0.526. The second kappa shape index (κ2) is 9.62. The van der Waals surface area contributed by atoms with Crippen LogP contribution in [0.25, 0.3) is 0 Å². The number of hydrogen-bond donors (Lipinski definition) is 0. The van der Waals surface area contributed by atoms with Crippen LogP contribution in [0, 0.1) is 40.4 Å². The van der Waals surface area contributed by atoms with Gasteiger partial charge < -0.3 is 4.74 Å². The van der Waals surface area contributed by atoms with E-state index >= 15 is 0 Å². The summed E-state index contributed by atoms with van der Waals surface area (Å²) in [4.78, 5) is 39.2. The van der Waals surface area contributed by atoms with Crippen LogP contribution in [0.4, 0.5) is 18.9 Å². The first kappa shape index (κ1) is 22.5. The van der Waals surface area contributed by atoms with Crippen molar-refractivity contribution in [3.63, 3.8) is 0 Å². The van der Waals surface area contributed by atoms with E-state index in [9.17, 15) is 32.9 Å². The second-order valence-corrected chi connectivity index (χ2v) is 6.79. The molecule has 0 heterocycles. The molecule has 1 aliphatic rings. The SMILES string of the molecule is CCCOC(=O)C(C=NC1CCCC1)C(=O)c1c(F)c(C)c(F)c(F)c1[N+](=O)[O-]. The Morgan fingerprint density at radius 2 is 1.86 bits per heavy atom. The number of esters is 1. The van der Waals surface area contributed by atoms with E-state index in [-0.39, 0.29) is 12.6 Å². The van der Waals surface area contributed by atoms with Gasteiger partial charge >= 0.3 is 11.7 Å². The van der Waals surface area contributed by atoms with Gasteiger partial charge in [-0.05, 0) is 26.2 Å². The number of benzene rings is 1. The maximum atomic E-state index is 14.6. The Morgan fingerprint density at radius 1 is 1.24 bits per heavy atom. The lowest BCUT2D eigenvalue weighted by atomic mass is 9.94. The molecule has 1 aromatic rings. The number of nitro groups is 1. The molecule has 1 atom stereocenters. The van der Waals surface area contributed by atoms with E-state index < -0.39 is 56.9 Å². The molecule has 2 rings (SSSR count). The highest BCUT2D eigenvalue weighted by Crippen LogP contribution is 2.32. The van der Waals surface area contributed by atoms with E-state index in [1.165, 1.54) is 0 Å². The number of rotatable bonds is 8. The molecule has 1 unspecified atom stereocenters. The van der Waals surface area contributed by atoms with Crippen molar-refractivity contribution in [1.29, 1.82) is 0 Å². The highest BCUT2D eigenvalue weighted by Gasteiger charge is 2.40. The molecule has 0 bridgehead atoms. The van der Waals surface area contributed by atoms with E-state index in [1.54, 1.807) is 6.92 Å². The van der Waals surface area contributed by atoms with Crippen molar-refractivity contribution < 1.29 is 32.4 Å². The number of carbonyl (C=O) groups is 2. The Balaban J connectivity index is 2.55. The van der Waals surface area contributed by atoms with Crippen LogP contribution < -0.4 is 0 Å². The van der Waals surface area contributed by atoms with Crippen molar-refractivity contribution in [2.75, 3.05) is 6.61 Å². The molecule has 0 N–H and O–H groups in total. The van der Waals surface area contributed by atoms with Crippen molar-refractivity contribution in [3.05, 3.63) is 38.7 Å². The third-order valence-electron chi connectivity index (χ3n) is 4.70. The molecule has 29 heavy (non-hydrogen) atoms. The van der Waals surface area contributed by atoms with E-state index in [0.717, 1.165) is 38.8 Å². The lowest BCUT2D eigenvalue weighted by Crippen LogP contribution is -2.30. The van der Waals surface area contributed by atoms with Crippen LogP contribution in [0.3, 0.4) is 0 Å². The van der Waals surface area contributed by atoms with Gasteiger partial charge in [0, 0.05) is 17.8 Å². The van der Waals surface area contributed by atoms with Gasteiger partial charge in [-0.25, -0.2) is 8.78 Å². The lowest BCUT2D eigenvalue weighted by molar-refractivity contribution is -0.388. The molecular formula is C19H21F3N2O5. The summed E-state index contributed by atoms with van der Waals surface area (Å²) in [5.74, 6) is -9.63. The first-order valence-corrected chi connectivity index (χ1v) is 9.26. The first-order valence-electron chi connectivity index (χ1n) is 9.26. The van der Waals surface area contributed by atoms with Crippen molar-refractivity contribution in [3.8, 4) is 0 Å². The largest absolute Gasteiger partial charge is 0.465 e. The summed E-state index contributed by atoms with van der Waals surface area (Å²) in [6, 6.07) is -0.143. The quantitative estimate of drug-likeness (QED) is 0.121. The Kier molecular flexibility index (Phi) is 7.46. The summed E-state index contributed by atoms with van der Waals surface area (Å²) >= 11 is 0. The molecule has 7 nitrogen and oxygen atoms in total. The van der Waals surface area contributed by atoms with E-state index in [2.05, 4.69) is 4.99 Å². The van der Waals surface area contributed by atoms with Gasteiger partial charge in [0.15, 0.2) is 17.5 Å². The smallest absolute Gasteiger partial charge is 0.322 e. The molecule has 1 fully saturated rings. The number of hydrogen-bond acceptors (Lipinski definition) is 6. The topological polar surface area (TPSA) is 98.9 Å². The highest BCUT2D eigenvalue weighted by atomic mass is 19.2. The van der Waals surface area contributed by atoms with Crippen LogP contribution in [0.5, 0.6) is 0 Å². The van der Waals surface area contributed by atoms with Crippen molar-refractivity contribution in [1.82, 2.24) is 0 Å². The maximum absolute atomic E-state index is 14.6. The summed E-state index contributed by atoms with van der Waals surface area (Å²) in [5.41, 5.74) is -3.86. The predicted octanol–water partition coefficient (Wildman–Crippen LogP) is 4.09. The Morgan fingerprint density at radius 3 is 2.41 bits per heavy atom. The fourth-order valence-corrected chi connectivity index (χ4v) is 3.11. The monoisotopic (exact) mass is 414 g/mol. The van der Waals surface area contributed by atoms with Gasteiger partial charge in [0.2, 0.25) is 5.82 Å². The van der Waals surface area contributed by atoms with E-state index in [4.69, 9.17) is 4.74 Å². The summed E-state index contributed by atoms with van der Waals surface area (Å²) in [7, 11) is 0. The van der Waals surface area contributed by atoms with Gasteiger partial charge in [0.05, 0.1) is 11.5 Å². The van der Waals surface area contributed by atoms with Gasteiger partial charge in [0.25, 0.3) is 0 Å². The molecular weight excluding hydrogens is 393 g/mol. The summed E-state index contributed by atoms with van der Waals surface area (Å²) < 4.78 is 47.4. The normalized spacial score (nSPS) is 15.6. The zero-order valence-electron chi connectivity index (χ0n) is 16.0. The number of nitro benzene ring substituents is 1. The average molecular weight is 414 g/mol. The third kappa shape index (κ3) is 4.80. The zero-order chi connectivity index (χ0) is 21.7. The van der Waals surface area contributed by atoms with Crippen LogP contribution >= 0.6 is 0 Å². The number of aliphatic imine (C=N–C) groups is 1. The molecule has 0 aromatic heterocycles. The first-order chi connectivity index (χ1) is 13.7. The van der Waals surface area contributed by atoms with Gasteiger partial charge in [-0.3, -0.25) is 24.7 Å². The highest BCUT2D eigenvalue weighted by molar-refractivity contribution is 6.20. The van der Waals surface area contributed by atoms with Gasteiger partial charge in [0.1, 0.15) is 11.4 Å². The molecule has 1 aromatic carbocycles. The zero-order valence-corrected chi connectivity index (χ0v) is 16.0. The van der Waals surface area contributed by atoms with Crippen molar-refractivity contribution >= 4 is 23.7 Å². The summed E-state index contributed by atoms with van der Waals surface area (Å²) in [5, 5.41) is 11.2. The number of ketones is 1. The average Bonchev–Trinajstić information content (AvgIpc) is 3.20. The van der Waals surface area contributed by atoms with Crippen LogP contribution in [-0.2, 0) is 9.53 Å². The molecule has 0 amide bonds. The number of carbonyl (C=O) groups excluding carboxylic acids is 2.